The zero-order chi connectivity index (χ0) is 12.7. The topological polar surface area (TPSA) is 42.8 Å². The Morgan fingerprint density at radius 3 is 3.11 bits per heavy atom. The van der Waals surface area contributed by atoms with Crippen molar-refractivity contribution in [3.63, 3.8) is 0 Å². The molecule has 1 aliphatic rings. The number of aryl methyl sites for hydroxylation is 1. The molecule has 96 valence electrons. The van der Waals surface area contributed by atoms with E-state index in [0.29, 0.717) is 6.04 Å². The second-order valence-corrected chi connectivity index (χ2v) is 5.29. The highest BCUT2D eigenvalue weighted by molar-refractivity contribution is 7.71. The maximum Gasteiger partial charge on any atom is 0.179 e. The van der Waals surface area contributed by atoms with Crippen molar-refractivity contribution in [1.82, 2.24) is 14.5 Å². The van der Waals surface area contributed by atoms with Crippen molar-refractivity contribution in [2.24, 2.45) is 0 Å². The van der Waals surface area contributed by atoms with Crippen LogP contribution in [0.5, 0.6) is 0 Å². The fraction of sp³-hybridized carbons (Fsp3) is 0.538. The molecule has 0 radical (unpaired) electrons. The van der Waals surface area contributed by atoms with Gasteiger partial charge in [0.25, 0.3) is 0 Å². The van der Waals surface area contributed by atoms with Crippen LogP contribution >= 0.6 is 12.2 Å². The number of aromatic amines is 1. The monoisotopic (exact) mass is 263 g/mol. The molecule has 2 aromatic rings. The molecule has 0 aliphatic heterocycles. The number of hydrogen-bond donors (Lipinski definition) is 1. The average Bonchev–Trinajstić information content (AvgIpc) is 2.93. The van der Waals surface area contributed by atoms with E-state index in [1.54, 1.807) is 7.11 Å². The number of imidazole rings is 1. The van der Waals surface area contributed by atoms with E-state index in [2.05, 4.69) is 21.5 Å². The minimum Gasteiger partial charge on any atom is -0.379 e. The Labute approximate surface area is 111 Å². The molecular weight excluding hydrogens is 246 g/mol. The largest absolute Gasteiger partial charge is 0.379 e. The maximum absolute atomic E-state index is 5.57. The van der Waals surface area contributed by atoms with Crippen LogP contribution in [0.1, 0.15) is 30.9 Å². The number of nitrogens with zero attached hydrogens (tertiary/aromatic N) is 2. The minimum atomic E-state index is 0.248. The Balaban J connectivity index is 2.20. The van der Waals surface area contributed by atoms with Crippen LogP contribution in [0.15, 0.2) is 12.3 Å². The lowest BCUT2D eigenvalue weighted by atomic mass is 10.2. The summed E-state index contributed by atoms with van der Waals surface area (Å²) in [6.45, 7) is 2.07. The Morgan fingerprint density at radius 1 is 1.50 bits per heavy atom. The quantitative estimate of drug-likeness (QED) is 0.846. The van der Waals surface area contributed by atoms with Gasteiger partial charge >= 0.3 is 0 Å². The van der Waals surface area contributed by atoms with Crippen LogP contribution in [-0.2, 0) is 4.74 Å². The summed E-state index contributed by atoms with van der Waals surface area (Å²) in [5, 5.41) is 0. The van der Waals surface area contributed by atoms with Crippen LogP contribution in [-0.4, -0.2) is 27.7 Å². The Kier molecular flexibility index (Phi) is 2.95. The van der Waals surface area contributed by atoms with Crippen LogP contribution in [0.25, 0.3) is 11.2 Å². The highest BCUT2D eigenvalue weighted by Gasteiger charge is 2.30. The molecule has 0 saturated heterocycles. The standard InChI is InChI=1S/C13H17N3OS/c1-8-6-7-14-12-11(8)15-13(18)16(12)9-4-3-5-10(9)17-2/h6-7,9-10H,3-5H2,1-2H3,(H,15,18). The molecule has 0 aromatic carbocycles. The molecule has 0 amide bonds. The van der Waals surface area contributed by atoms with Crippen molar-refractivity contribution in [2.45, 2.75) is 38.3 Å². The molecule has 1 saturated carbocycles. The number of ether oxygens (including phenoxy) is 1. The summed E-state index contributed by atoms with van der Waals surface area (Å²) in [6, 6.07) is 2.31. The fourth-order valence-corrected chi connectivity index (χ4v) is 3.25. The third-order valence-electron chi connectivity index (χ3n) is 3.87. The lowest BCUT2D eigenvalue weighted by Gasteiger charge is -2.20. The highest BCUT2D eigenvalue weighted by atomic mass is 32.1. The predicted molar refractivity (Wildman–Crippen MR) is 73.3 cm³/mol. The smallest absolute Gasteiger partial charge is 0.179 e. The van der Waals surface area contributed by atoms with E-state index in [1.165, 1.54) is 12.0 Å². The van der Waals surface area contributed by atoms with Gasteiger partial charge in [-0.15, -0.1) is 0 Å². The average molecular weight is 263 g/mol. The number of nitrogens with one attached hydrogen (secondary N) is 1. The first kappa shape index (κ1) is 11.9. The summed E-state index contributed by atoms with van der Waals surface area (Å²) in [5.74, 6) is 0. The molecule has 0 bridgehead atoms. The Morgan fingerprint density at radius 2 is 2.33 bits per heavy atom. The van der Waals surface area contributed by atoms with E-state index in [1.807, 2.05) is 12.3 Å². The van der Waals surface area contributed by atoms with Crippen molar-refractivity contribution in [1.29, 1.82) is 0 Å². The van der Waals surface area contributed by atoms with Crippen LogP contribution in [0.3, 0.4) is 0 Å². The third-order valence-corrected chi connectivity index (χ3v) is 4.17. The number of hydrogen-bond acceptors (Lipinski definition) is 3. The molecule has 1 fully saturated rings. The van der Waals surface area contributed by atoms with Crippen LogP contribution in [0, 0.1) is 11.7 Å². The third kappa shape index (κ3) is 1.69. The molecular formula is C13H17N3OS. The summed E-state index contributed by atoms with van der Waals surface area (Å²) < 4.78 is 8.46. The molecule has 2 atom stereocenters. The lowest BCUT2D eigenvalue weighted by Crippen LogP contribution is -2.20. The first-order valence-electron chi connectivity index (χ1n) is 6.31. The second-order valence-electron chi connectivity index (χ2n) is 4.90. The molecule has 3 rings (SSSR count). The van der Waals surface area contributed by atoms with Crippen LogP contribution in [0.2, 0.25) is 0 Å². The molecule has 2 unspecified atom stereocenters. The van der Waals surface area contributed by atoms with Gasteiger partial charge < -0.3 is 9.72 Å². The van der Waals surface area contributed by atoms with Crippen molar-refractivity contribution in [3.8, 4) is 0 Å². The van der Waals surface area contributed by atoms with E-state index < -0.39 is 0 Å². The summed E-state index contributed by atoms with van der Waals surface area (Å²) >= 11 is 5.46. The number of H-pyrrole nitrogens is 1. The zero-order valence-electron chi connectivity index (χ0n) is 10.6. The summed E-state index contributed by atoms with van der Waals surface area (Å²) in [7, 11) is 1.78. The second kappa shape index (κ2) is 4.48. The van der Waals surface area contributed by atoms with Crippen molar-refractivity contribution in [2.75, 3.05) is 7.11 Å². The van der Waals surface area contributed by atoms with Gasteiger partial charge in [0.1, 0.15) is 0 Å². The van der Waals surface area contributed by atoms with Gasteiger partial charge in [-0.3, -0.25) is 4.57 Å². The molecule has 18 heavy (non-hydrogen) atoms. The van der Waals surface area contributed by atoms with E-state index in [-0.39, 0.29) is 6.10 Å². The Bertz CT molecular complexity index is 631. The van der Waals surface area contributed by atoms with Gasteiger partial charge in [0.15, 0.2) is 10.4 Å². The molecule has 4 nitrogen and oxygen atoms in total. The number of aromatic nitrogens is 3. The summed E-state index contributed by atoms with van der Waals surface area (Å²) in [6.07, 6.45) is 5.48. The van der Waals surface area contributed by atoms with Crippen molar-refractivity contribution >= 4 is 23.4 Å². The van der Waals surface area contributed by atoms with Crippen LogP contribution < -0.4 is 0 Å². The number of rotatable bonds is 2. The predicted octanol–water partition coefficient (Wildman–Crippen LogP) is 3.14. The zero-order valence-corrected chi connectivity index (χ0v) is 11.5. The Hall–Kier alpha value is -1.20. The van der Waals surface area contributed by atoms with Crippen LogP contribution in [0.4, 0.5) is 0 Å². The summed E-state index contributed by atoms with van der Waals surface area (Å²) in [4.78, 5) is 7.76. The minimum absolute atomic E-state index is 0.248. The van der Waals surface area contributed by atoms with Crippen molar-refractivity contribution < 1.29 is 4.74 Å². The highest BCUT2D eigenvalue weighted by Crippen LogP contribution is 2.34. The van der Waals surface area contributed by atoms with E-state index in [4.69, 9.17) is 17.0 Å². The number of methoxy groups -OCH3 is 1. The van der Waals surface area contributed by atoms with Gasteiger partial charge in [-0.2, -0.15) is 0 Å². The van der Waals surface area contributed by atoms with Gasteiger partial charge in [-0.1, -0.05) is 0 Å². The molecule has 2 aromatic heterocycles. The molecule has 1 aliphatic carbocycles. The molecule has 0 spiro atoms. The number of fused-ring (bicyclic) bond motifs is 1. The van der Waals surface area contributed by atoms with E-state index >= 15 is 0 Å². The van der Waals surface area contributed by atoms with Gasteiger partial charge in [0.2, 0.25) is 0 Å². The van der Waals surface area contributed by atoms with Gasteiger partial charge in [-0.25, -0.2) is 4.98 Å². The SMILES string of the molecule is COC1CCCC1n1c(=S)[nH]c2c(C)ccnc21. The van der Waals surface area contributed by atoms with E-state index in [9.17, 15) is 0 Å². The fourth-order valence-electron chi connectivity index (χ4n) is 2.93. The molecule has 2 heterocycles. The van der Waals surface area contributed by atoms with Gasteiger partial charge in [-0.05, 0) is 50.0 Å². The van der Waals surface area contributed by atoms with Crippen molar-refractivity contribution in [3.05, 3.63) is 22.6 Å². The van der Waals surface area contributed by atoms with Gasteiger partial charge in [0, 0.05) is 13.3 Å². The lowest BCUT2D eigenvalue weighted by molar-refractivity contribution is 0.0756. The van der Waals surface area contributed by atoms with Gasteiger partial charge in [0.05, 0.1) is 17.7 Å². The molecule has 5 heteroatoms. The first-order valence-corrected chi connectivity index (χ1v) is 6.72. The number of pyridine rings is 1. The molecule has 1 N–H and O–H groups in total. The maximum atomic E-state index is 5.57. The summed E-state index contributed by atoms with van der Waals surface area (Å²) in [5.41, 5.74) is 3.18. The first-order chi connectivity index (χ1) is 8.72. The van der Waals surface area contributed by atoms with E-state index in [0.717, 1.165) is 28.8 Å². The normalized spacial score (nSPS) is 23.9.